The maximum Gasteiger partial charge on any atom is 0.230 e. The Morgan fingerprint density at radius 3 is 2.72 bits per heavy atom. The lowest BCUT2D eigenvalue weighted by atomic mass is 10.0. The highest BCUT2D eigenvalue weighted by Crippen LogP contribution is 2.36. The smallest absolute Gasteiger partial charge is 0.230 e. The highest BCUT2D eigenvalue weighted by molar-refractivity contribution is 6.01. The van der Waals surface area contributed by atoms with E-state index in [0.717, 1.165) is 44.8 Å². The monoisotopic (exact) mass is 423 g/mol. The molecule has 8 nitrogen and oxygen atoms in total. The van der Waals surface area contributed by atoms with E-state index < -0.39 is 0 Å². The van der Waals surface area contributed by atoms with Gasteiger partial charge in [-0.25, -0.2) is 4.98 Å². The van der Waals surface area contributed by atoms with Crippen molar-refractivity contribution in [2.24, 2.45) is 7.05 Å². The van der Waals surface area contributed by atoms with E-state index in [9.17, 15) is 4.79 Å². The second-order valence-electron chi connectivity index (χ2n) is 7.56. The molecule has 5 aromatic heterocycles. The molecule has 0 unspecified atom stereocenters. The maximum atomic E-state index is 12.6. The molecule has 0 bridgehead atoms. The molecule has 1 amide bonds. The minimum Gasteiger partial charge on any atom is -0.353 e. The third-order valence-electron chi connectivity index (χ3n) is 5.26. The number of carbonyl (C=O) groups is 1. The number of nitrogens with one attached hydrogen (secondary N) is 2. The second-order valence-corrected chi connectivity index (χ2v) is 7.56. The first-order valence-corrected chi connectivity index (χ1v) is 10.2. The van der Waals surface area contributed by atoms with Crippen molar-refractivity contribution in [3.05, 3.63) is 78.5 Å². The van der Waals surface area contributed by atoms with Gasteiger partial charge in [-0.2, -0.15) is 5.10 Å². The molecule has 32 heavy (non-hydrogen) atoms. The van der Waals surface area contributed by atoms with Crippen LogP contribution in [0.25, 0.3) is 33.5 Å². The van der Waals surface area contributed by atoms with Gasteiger partial charge in [-0.3, -0.25) is 19.4 Å². The summed E-state index contributed by atoms with van der Waals surface area (Å²) in [5.41, 5.74) is 6.98. The number of pyridine rings is 3. The second kappa shape index (κ2) is 8.07. The van der Waals surface area contributed by atoms with E-state index in [1.54, 1.807) is 23.3 Å². The number of hydrogen-bond acceptors (Lipinski definition) is 5. The van der Waals surface area contributed by atoms with Crippen molar-refractivity contribution in [3.8, 4) is 22.5 Å². The van der Waals surface area contributed by atoms with Gasteiger partial charge in [0.25, 0.3) is 0 Å². The predicted molar refractivity (Wildman–Crippen MR) is 123 cm³/mol. The summed E-state index contributed by atoms with van der Waals surface area (Å²) in [6.07, 6.45) is 7.31. The number of amides is 1. The molecule has 0 aliphatic carbocycles. The first-order chi connectivity index (χ1) is 15.6. The summed E-state index contributed by atoms with van der Waals surface area (Å²) in [7, 11) is 1.84. The van der Waals surface area contributed by atoms with Crippen LogP contribution < -0.4 is 5.32 Å². The summed E-state index contributed by atoms with van der Waals surface area (Å²) in [5, 5.41) is 7.19. The zero-order valence-corrected chi connectivity index (χ0v) is 17.7. The Labute approximate surface area is 184 Å². The number of H-pyrrole nitrogens is 1. The van der Waals surface area contributed by atoms with E-state index in [1.807, 2.05) is 62.6 Å². The SMILES string of the molecule is Cc1nn(C)cc1CC(=O)Nc1cc(-c2[nH]c3cccnc3c2-c2ccccn2)ccn1. The lowest BCUT2D eigenvalue weighted by Gasteiger charge is -2.08. The zero-order valence-electron chi connectivity index (χ0n) is 17.7. The molecule has 5 aromatic rings. The third kappa shape index (κ3) is 3.74. The van der Waals surface area contributed by atoms with E-state index in [-0.39, 0.29) is 12.3 Å². The van der Waals surface area contributed by atoms with E-state index in [0.29, 0.717) is 5.82 Å². The van der Waals surface area contributed by atoms with Crippen molar-refractivity contribution in [1.29, 1.82) is 0 Å². The van der Waals surface area contributed by atoms with Crippen LogP contribution in [0.1, 0.15) is 11.3 Å². The number of nitrogens with zero attached hydrogens (tertiary/aromatic N) is 5. The molecule has 0 aromatic carbocycles. The number of aromatic nitrogens is 6. The Balaban J connectivity index is 1.50. The van der Waals surface area contributed by atoms with Gasteiger partial charge >= 0.3 is 0 Å². The standard InChI is InChI=1S/C24H21N7O/c1-15-17(14-31(2)30-15)13-21(32)29-20-12-16(8-11-26-20)23-22(18-6-3-4-9-25-18)24-19(28-23)7-5-10-27-24/h3-12,14,28H,13H2,1-2H3,(H,26,29,32). The highest BCUT2D eigenvalue weighted by Gasteiger charge is 2.18. The number of rotatable bonds is 5. The highest BCUT2D eigenvalue weighted by atomic mass is 16.1. The predicted octanol–water partition coefficient (Wildman–Crippen LogP) is 3.91. The molecular formula is C24H21N7O. The normalized spacial score (nSPS) is 11.1. The van der Waals surface area contributed by atoms with Crippen LogP contribution in [0, 0.1) is 6.92 Å². The van der Waals surface area contributed by atoms with Gasteiger partial charge in [0.2, 0.25) is 5.91 Å². The van der Waals surface area contributed by atoms with Crippen molar-refractivity contribution in [1.82, 2.24) is 29.7 Å². The number of aromatic amines is 1. The molecule has 0 aliphatic heterocycles. The van der Waals surface area contributed by atoms with Crippen LogP contribution in [-0.2, 0) is 18.3 Å². The maximum absolute atomic E-state index is 12.6. The number of fused-ring (bicyclic) bond motifs is 1. The molecule has 2 N–H and O–H groups in total. The van der Waals surface area contributed by atoms with Crippen LogP contribution in [0.2, 0.25) is 0 Å². The molecule has 0 saturated carbocycles. The summed E-state index contributed by atoms with van der Waals surface area (Å²) in [5.74, 6) is 0.335. The van der Waals surface area contributed by atoms with Gasteiger partial charge in [0.15, 0.2) is 0 Å². The van der Waals surface area contributed by atoms with E-state index >= 15 is 0 Å². The van der Waals surface area contributed by atoms with E-state index in [4.69, 9.17) is 0 Å². The molecule has 158 valence electrons. The Morgan fingerprint density at radius 2 is 1.94 bits per heavy atom. The van der Waals surface area contributed by atoms with Gasteiger partial charge in [0.1, 0.15) is 5.82 Å². The molecule has 0 radical (unpaired) electrons. The Bertz CT molecular complexity index is 1420. The molecule has 0 spiro atoms. The van der Waals surface area contributed by atoms with Crippen LogP contribution in [0.4, 0.5) is 5.82 Å². The average Bonchev–Trinajstić information content (AvgIpc) is 3.33. The lowest BCUT2D eigenvalue weighted by Crippen LogP contribution is -2.15. The van der Waals surface area contributed by atoms with E-state index in [1.165, 1.54) is 0 Å². The van der Waals surface area contributed by atoms with Crippen LogP contribution in [-0.4, -0.2) is 35.6 Å². The molecule has 5 heterocycles. The van der Waals surface area contributed by atoms with Gasteiger partial charge in [-0.05, 0) is 43.3 Å². The largest absolute Gasteiger partial charge is 0.353 e. The van der Waals surface area contributed by atoms with Crippen molar-refractivity contribution >= 4 is 22.8 Å². The third-order valence-corrected chi connectivity index (χ3v) is 5.26. The molecule has 0 fully saturated rings. The quantitative estimate of drug-likeness (QED) is 0.446. The minimum absolute atomic E-state index is 0.144. The first-order valence-electron chi connectivity index (χ1n) is 10.2. The fourth-order valence-corrected chi connectivity index (χ4v) is 3.83. The number of hydrogen-bond donors (Lipinski definition) is 2. The van der Waals surface area contributed by atoms with E-state index in [2.05, 4.69) is 30.4 Å². The topological polar surface area (TPSA) is 101 Å². The summed E-state index contributed by atoms with van der Waals surface area (Å²) in [6, 6.07) is 13.4. The summed E-state index contributed by atoms with van der Waals surface area (Å²) in [4.78, 5) is 29.5. The minimum atomic E-state index is -0.144. The first kappa shape index (κ1) is 19.6. The van der Waals surface area contributed by atoms with Gasteiger partial charge in [-0.15, -0.1) is 0 Å². The van der Waals surface area contributed by atoms with Gasteiger partial charge < -0.3 is 10.3 Å². The van der Waals surface area contributed by atoms with Crippen LogP contribution in [0.3, 0.4) is 0 Å². The lowest BCUT2D eigenvalue weighted by molar-refractivity contribution is -0.115. The molecule has 0 saturated heterocycles. The van der Waals surface area contributed by atoms with Crippen LogP contribution in [0.15, 0.2) is 67.3 Å². The fourth-order valence-electron chi connectivity index (χ4n) is 3.83. The molecule has 0 atom stereocenters. The Kier molecular flexibility index (Phi) is 4.95. The molecule has 0 aliphatic rings. The summed E-state index contributed by atoms with van der Waals surface area (Å²) < 4.78 is 1.71. The molecule has 8 heteroatoms. The number of carbonyl (C=O) groups excluding carboxylic acids is 1. The van der Waals surface area contributed by atoms with Crippen molar-refractivity contribution < 1.29 is 4.79 Å². The number of anilines is 1. The van der Waals surface area contributed by atoms with Crippen LogP contribution in [0.5, 0.6) is 0 Å². The van der Waals surface area contributed by atoms with Crippen molar-refractivity contribution in [3.63, 3.8) is 0 Å². The average molecular weight is 423 g/mol. The number of aryl methyl sites for hydroxylation is 2. The fraction of sp³-hybridized carbons (Fsp3) is 0.125. The van der Waals surface area contributed by atoms with Gasteiger partial charge in [-0.1, -0.05) is 6.07 Å². The Morgan fingerprint density at radius 1 is 1.06 bits per heavy atom. The van der Waals surface area contributed by atoms with Crippen LogP contribution >= 0.6 is 0 Å². The summed E-state index contributed by atoms with van der Waals surface area (Å²) >= 11 is 0. The van der Waals surface area contributed by atoms with Gasteiger partial charge in [0, 0.05) is 43.0 Å². The summed E-state index contributed by atoms with van der Waals surface area (Å²) in [6.45, 7) is 1.89. The molecular weight excluding hydrogens is 402 g/mol. The van der Waals surface area contributed by atoms with Crippen molar-refractivity contribution in [2.45, 2.75) is 13.3 Å². The Hall–Kier alpha value is -4.33. The van der Waals surface area contributed by atoms with Crippen molar-refractivity contribution in [2.75, 3.05) is 5.32 Å². The van der Waals surface area contributed by atoms with Gasteiger partial charge in [0.05, 0.1) is 40.1 Å². The zero-order chi connectivity index (χ0) is 22.1. The molecule has 5 rings (SSSR count).